The molecule has 0 heterocycles. The number of hydrogen-bond donors (Lipinski definition) is 2. The highest BCUT2D eigenvalue weighted by atomic mass is 16.3. The predicted octanol–water partition coefficient (Wildman–Crippen LogP) is 5.02. The van der Waals surface area contributed by atoms with Crippen molar-refractivity contribution in [1.82, 2.24) is 0 Å². The van der Waals surface area contributed by atoms with Crippen molar-refractivity contribution in [2.75, 3.05) is 0 Å². The van der Waals surface area contributed by atoms with Crippen molar-refractivity contribution < 1.29 is 10.2 Å². The van der Waals surface area contributed by atoms with E-state index in [2.05, 4.69) is 25.3 Å². The normalized spacial score (nSPS) is 23.2. The predicted molar refractivity (Wildman–Crippen MR) is 112 cm³/mol. The summed E-state index contributed by atoms with van der Waals surface area (Å²) >= 11 is 0. The smallest absolute Gasteiger partial charge is 0.117 e. The average Bonchev–Trinajstić information content (AvgIpc) is 2.59. The van der Waals surface area contributed by atoms with Crippen LogP contribution in [-0.4, -0.2) is 21.9 Å². The van der Waals surface area contributed by atoms with E-state index in [0.717, 1.165) is 28.7 Å². The number of aliphatic hydroxyl groups is 2. The molecule has 2 rings (SSSR count). The van der Waals surface area contributed by atoms with Crippen LogP contribution in [0.2, 0.25) is 0 Å². The van der Waals surface area contributed by atoms with Crippen molar-refractivity contribution in [3.63, 3.8) is 0 Å². The van der Waals surface area contributed by atoms with Gasteiger partial charge < -0.3 is 10.2 Å². The minimum absolute atomic E-state index is 0.278. The maximum absolute atomic E-state index is 11.0. The van der Waals surface area contributed by atoms with Gasteiger partial charge in [-0.1, -0.05) is 48.6 Å². The molecule has 2 atom stereocenters. The van der Waals surface area contributed by atoms with E-state index in [0.29, 0.717) is 5.57 Å². The van der Waals surface area contributed by atoms with Gasteiger partial charge in [-0.15, -0.1) is 13.2 Å². The van der Waals surface area contributed by atoms with E-state index < -0.39 is 11.7 Å². The fraction of sp³-hybridized carbons (Fsp3) is 0.250. The first-order valence-corrected chi connectivity index (χ1v) is 8.93. The van der Waals surface area contributed by atoms with Gasteiger partial charge in [0, 0.05) is 6.42 Å². The van der Waals surface area contributed by atoms with Crippen LogP contribution in [-0.2, 0) is 6.42 Å². The molecule has 1 aliphatic rings. The SMILES string of the molecule is C=CCc1cc(C=CC)cc(C2=CC(C=CC)=CC(O)(CC=C)C2O)c1. The Kier molecular flexibility index (Phi) is 6.73. The molecule has 0 spiro atoms. The number of aliphatic hydroxyl groups excluding tert-OH is 1. The Labute approximate surface area is 156 Å². The summed E-state index contributed by atoms with van der Waals surface area (Å²) in [4.78, 5) is 0. The summed E-state index contributed by atoms with van der Waals surface area (Å²) in [5.41, 5.74) is 3.30. The first-order valence-electron chi connectivity index (χ1n) is 8.93. The van der Waals surface area contributed by atoms with E-state index >= 15 is 0 Å². The third kappa shape index (κ3) is 4.40. The molecular formula is C24H28O2. The fourth-order valence-electron chi connectivity index (χ4n) is 3.33. The van der Waals surface area contributed by atoms with Crippen LogP contribution in [0, 0.1) is 0 Å². The van der Waals surface area contributed by atoms with Crippen LogP contribution in [0.25, 0.3) is 11.6 Å². The first kappa shape index (κ1) is 19.9. The molecule has 26 heavy (non-hydrogen) atoms. The van der Waals surface area contributed by atoms with Gasteiger partial charge in [0.25, 0.3) is 0 Å². The molecule has 2 nitrogen and oxygen atoms in total. The van der Waals surface area contributed by atoms with Crippen molar-refractivity contribution in [1.29, 1.82) is 0 Å². The zero-order valence-corrected chi connectivity index (χ0v) is 15.7. The van der Waals surface area contributed by atoms with Gasteiger partial charge in [-0.05, 0) is 66.3 Å². The number of benzene rings is 1. The molecule has 0 saturated carbocycles. The third-order valence-corrected chi connectivity index (χ3v) is 4.42. The van der Waals surface area contributed by atoms with Crippen molar-refractivity contribution in [2.45, 2.75) is 38.4 Å². The lowest BCUT2D eigenvalue weighted by Crippen LogP contribution is -2.42. The lowest BCUT2D eigenvalue weighted by molar-refractivity contribution is -0.00785. The first-order chi connectivity index (χ1) is 12.5. The second-order valence-electron chi connectivity index (χ2n) is 6.59. The van der Waals surface area contributed by atoms with E-state index in [1.807, 2.05) is 56.4 Å². The fourth-order valence-corrected chi connectivity index (χ4v) is 3.33. The molecule has 2 heteroatoms. The summed E-state index contributed by atoms with van der Waals surface area (Å²) in [7, 11) is 0. The molecule has 1 aliphatic carbocycles. The van der Waals surface area contributed by atoms with Crippen LogP contribution < -0.4 is 0 Å². The van der Waals surface area contributed by atoms with E-state index in [9.17, 15) is 10.2 Å². The Morgan fingerprint density at radius 3 is 2.42 bits per heavy atom. The van der Waals surface area contributed by atoms with Gasteiger partial charge in [-0.25, -0.2) is 0 Å². The van der Waals surface area contributed by atoms with Crippen LogP contribution in [0.1, 0.15) is 37.0 Å². The Bertz CT molecular complexity index is 792. The Balaban J connectivity index is 2.62. The molecule has 0 fully saturated rings. The number of hydrogen-bond acceptors (Lipinski definition) is 2. The molecule has 0 aromatic heterocycles. The molecule has 0 saturated heterocycles. The van der Waals surface area contributed by atoms with Gasteiger partial charge in [0.1, 0.15) is 11.7 Å². The number of rotatable bonds is 7. The third-order valence-electron chi connectivity index (χ3n) is 4.42. The summed E-state index contributed by atoms with van der Waals surface area (Å²) in [6.45, 7) is 11.5. The number of allylic oxidation sites excluding steroid dienone is 6. The minimum Gasteiger partial charge on any atom is -0.385 e. The van der Waals surface area contributed by atoms with Crippen LogP contribution in [0.15, 0.2) is 79.5 Å². The average molecular weight is 348 g/mol. The highest BCUT2D eigenvalue weighted by Crippen LogP contribution is 2.36. The molecule has 0 bridgehead atoms. The Morgan fingerprint density at radius 1 is 1.08 bits per heavy atom. The zero-order chi connectivity index (χ0) is 19.2. The van der Waals surface area contributed by atoms with Crippen LogP contribution in [0.3, 0.4) is 0 Å². The molecule has 2 unspecified atom stereocenters. The van der Waals surface area contributed by atoms with Crippen LogP contribution in [0.4, 0.5) is 0 Å². The Hall–Kier alpha value is -2.42. The van der Waals surface area contributed by atoms with Crippen LogP contribution in [0.5, 0.6) is 0 Å². The maximum atomic E-state index is 11.0. The molecule has 2 N–H and O–H groups in total. The summed E-state index contributed by atoms with van der Waals surface area (Å²) in [6.07, 6.45) is 15.0. The van der Waals surface area contributed by atoms with Crippen LogP contribution >= 0.6 is 0 Å². The molecule has 1 aromatic carbocycles. The summed E-state index contributed by atoms with van der Waals surface area (Å²) in [5, 5.41) is 21.9. The molecule has 1 aromatic rings. The van der Waals surface area contributed by atoms with E-state index in [4.69, 9.17) is 0 Å². The topological polar surface area (TPSA) is 40.5 Å². The minimum atomic E-state index is -1.37. The maximum Gasteiger partial charge on any atom is 0.117 e. The van der Waals surface area contributed by atoms with E-state index in [-0.39, 0.29) is 6.42 Å². The monoisotopic (exact) mass is 348 g/mol. The molecule has 0 aliphatic heterocycles. The van der Waals surface area contributed by atoms with Gasteiger partial charge in [0.15, 0.2) is 0 Å². The largest absolute Gasteiger partial charge is 0.385 e. The Morgan fingerprint density at radius 2 is 1.81 bits per heavy atom. The van der Waals surface area contributed by atoms with Gasteiger partial charge in [-0.3, -0.25) is 0 Å². The quantitative estimate of drug-likeness (QED) is 0.680. The van der Waals surface area contributed by atoms with E-state index in [1.165, 1.54) is 0 Å². The molecular weight excluding hydrogens is 320 g/mol. The zero-order valence-electron chi connectivity index (χ0n) is 15.7. The van der Waals surface area contributed by atoms with Gasteiger partial charge in [0.05, 0.1) is 0 Å². The van der Waals surface area contributed by atoms with Gasteiger partial charge in [-0.2, -0.15) is 0 Å². The van der Waals surface area contributed by atoms with Crippen molar-refractivity contribution in [2.24, 2.45) is 0 Å². The summed E-state index contributed by atoms with van der Waals surface area (Å²) < 4.78 is 0. The highest BCUT2D eigenvalue weighted by Gasteiger charge is 2.38. The van der Waals surface area contributed by atoms with Crippen molar-refractivity contribution in [3.05, 3.63) is 96.2 Å². The standard InChI is InChI=1S/C24H28O2/c1-5-9-18-13-19(10-6-2)15-21(14-18)22-16-20(11-7-3)17-24(26,12-8-4)23(22)25/h5-8,10-11,13-17,23,25-26H,1,4,9,12H2,2-3H3. The summed E-state index contributed by atoms with van der Waals surface area (Å²) in [6, 6.07) is 6.20. The molecule has 136 valence electrons. The molecule has 0 radical (unpaired) electrons. The highest BCUT2D eigenvalue weighted by molar-refractivity contribution is 5.77. The lowest BCUT2D eigenvalue weighted by atomic mass is 9.78. The summed E-state index contributed by atoms with van der Waals surface area (Å²) in [5.74, 6) is 0. The second-order valence-corrected chi connectivity index (χ2v) is 6.59. The second kappa shape index (κ2) is 8.79. The van der Waals surface area contributed by atoms with Gasteiger partial charge >= 0.3 is 0 Å². The lowest BCUT2D eigenvalue weighted by Gasteiger charge is -2.35. The van der Waals surface area contributed by atoms with Crippen molar-refractivity contribution >= 4 is 11.6 Å². The van der Waals surface area contributed by atoms with Crippen molar-refractivity contribution in [3.8, 4) is 0 Å². The molecule has 0 amide bonds. The van der Waals surface area contributed by atoms with E-state index in [1.54, 1.807) is 12.2 Å². The van der Waals surface area contributed by atoms with Gasteiger partial charge in [0.2, 0.25) is 0 Å².